The third-order valence-electron chi connectivity index (χ3n) is 4.06. The van der Waals surface area contributed by atoms with Gasteiger partial charge in [0.05, 0.1) is 5.02 Å². The van der Waals surface area contributed by atoms with Gasteiger partial charge >= 0.3 is 6.03 Å². The number of halogens is 1. The van der Waals surface area contributed by atoms with Crippen molar-refractivity contribution in [2.24, 2.45) is 0 Å². The van der Waals surface area contributed by atoms with Gasteiger partial charge in [-0.05, 0) is 38.0 Å². The van der Waals surface area contributed by atoms with Crippen molar-refractivity contribution in [2.45, 2.75) is 25.7 Å². The Morgan fingerprint density at radius 2 is 2.18 bits per heavy atom. The molecular weight excluding hydrogens is 300 g/mol. The molecule has 0 unspecified atom stereocenters. The third-order valence-corrected chi connectivity index (χ3v) is 4.27. The van der Waals surface area contributed by atoms with Gasteiger partial charge in [-0.3, -0.25) is 0 Å². The van der Waals surface area contributed by atoms with Crippen molar-refractivity contribution in [2.75, 3.05) is 19.6 Å². The van der Waals surface area contributed by atoms with Crippen LogP contribution in [0.4, 0.5) is 4.79 Å². The van der Waals surface area contributed by atoms with Crippen LogP contribution in [0, 0.1) is 0 Å². The minimum Gasteiger partial charge on any atom is -0.338 e. The highest BCUT2D eigenvalue weighted by atomic mass is 35.5. The van der Waals surface area contributed by atoms with Gasteiger partial charge < -0.3 is 10.2 Å². The Kier molecular flexibility index (Phi) is 4.43. The summed E-state index contributed by atoms with van der Waals surface area (Å²) in [6.07, 6.45) is 3.49. The topological polar surface area (TPSA) is 58.1 Å². The van der Waals surface area contributed by atoms with E-state index in [0.717, 1.165) is 42.7 Å². The molecule has 1 aliphatic rings. The average molecular weight is 319 g/mol. The van der Waals surface area contributed by atoms with Crippen molar-refractivity contribution in [3.8, 4) is 0 Å². The number of rotatable bonds is 2. The summed E-state index contributed by atoms with van der Waals surface area (Å²) in [5.41, 5.74) is 1.78. The largest absolute Gasteiger partial charge is 0.338 e. The summed E-state index contributed by atoms with van der Waals surface area (Å²) in [6, 6.07) is 5.97. The van der Waals surface area contributed by atoms with E-state index in [1.54, 1.807) is 6.20 Å². The zero-order valence-electron chi connectivity index (χ0n) is 12.6. The van der Waals surface area contributed by atoms with Crippen LogP contribution in [0.5, 0.6) is 0 Å². The van der Waals surface area contributed by atoms with E-state index >= 15 is 0 Å². The predicted octanol–water partition coefficient (Wildman–Crippen LogP) is 3.19. The number of carbonyl (C=O) groups excluding carboxylic acids is 1. The lowest BCUT2D eigenvalue weighted by Crippen LogP contribution is -2.44. The van der Waals surface area contributed by atoms with Crippen LogP contribution < -0.4 is 5.32 Å². The molecule has 1 saturated heterocycles. The molecule has 6 heteroatoms. The Morgan fingerprint density at radius 1 is 1.41 bits per heavy atom. The van der Waals surface area contributed by atoms with Gasteiger partial charge in [0.25, 0.3) is 0 Å². The fourth-order valence-electron chi connectivity index (χ4n) is 2.87. The van der Waals surface area contributed by atoms with Crippen LogP contribution in [0.3, 0.4) is 0 Å². The zero-order valence-corrected chi connectivity index (χ0v) is 13.3. The number of nitrogens with one attached hydrogen (secondary N) is 1. The highest BCUT2D eigenvalue weighted by Gasteiger charge is 2.24. The minimum absolute atomic E-state index is 0.0312. The van der Waals surface area contributed by atoms with Crippen LogP contribution in [-0.2, 0) is 0 Å². The number of fused-ring (bicyclic) bond motifs is 1. The van der Waals surface area contributed by atoms with Crippen LogP contribution in [0.15, 0.2) is 24.4 Å². The molecule has 22 heavy (non-hydrogen) atoms. The Bertz CT molecular complexity index is 683. The van der Waals surface area contributed by atoms with E-state index in [0.29, 0.717) is 17.5 Å². The Labute approximate surface area is 134 Å². The SMILES string of the molecule is CCNC(=O)N1CCC(c2ccc3cc(Cl)cnc3n2)CC1. The van der Waals surface area contributed by atoms with Crippen LogP contribution in [-0.4, -0.2) is 40.5 Å². The summed E-state index contributed by atoms with van der Waals surface area (Å²) >= 11 is 5.94. The van der Waals surface area contributed by atoms with Gasteiger partial charge in [-0.2, -0.15) is 0 Å². The molecule has 0 saturated carbocycles. The Hall–Kier alpha value is -1.88. The summed E-state index contributed by atoms with van der Waals surface area (Å²) < 4.78 is 0. The van der Waals surface area contributed by atoms with Gasteiger partial charge in [-0.25, -0.2) is 14.8 Å². The van der Waals surface area contributed by atoms with Crippen molar-refractivity contribution in [3.05, 3.63) is 35.1 Å². The molecule has 116 valence electrons. The number of hydrogen-bond acceptors (Lipinski definition) is 3. The summed E-state index contributed by atoms with van der Waals surface area (Å²) in [5.74, 6) is 0.382. The molecule has 5 nitrogen and oxygen atoms in total. The van der Waals surface area contributed by atoms with E-state index in [2.05, 4.69) is 15.3 Å². The molecule has 1 fully saturated rings. The zero-order chi connectivity index (χ0) is 15.5. The van der Waals surface area contributed by atoms with Crippen LogP contribution >= 0.6 is 11.6 Å². The number of amides is 2. The lowest BCUT2D eigenvalue weighted by molar-refractivity contribution is 0.181. The maximum absolute atomic E-state index is 11.8. The van der Waals surface area contributed by atoms with E-state index < -0.39 is 0 Å². The standard InChI is InChI=1S/C16H19ClN4O/c1-2-18-16(22)21-7-5-11(6-8-21)14-4-3-12-9-13(17)10-19-15(12)20-14/h3-4,9-11H,2,5-8H2,1H3,(H,18,22). The van der Waals surface area contributed by atoms with Crippen LogP contribution in [0.1, 0.15) is 31.4 Å². The van der Waals surface area contributed by atoms with Gasteiger partial charge in [0.2, 0.25) is 0 Å². The molecule has 0 aromatic carbocycles. The highest BCUT2D eigenvalue weighted by molar-refractivity contribution is 6.31. The highest BCUT2D eigenvalue weighted by Crippen LogP contribution is 2.28. The molecule has 1 aliphatic heterocycles. The first-order valence-corrected chi connectivity index (χ1v) is 8.00. The van der Waals surface area contributed by atoms with Gasteiger partial charge in [0, 0.05) is 42.8 Å². The van der Waals surface area contributed by atoms with Crippen molar-refractivity contribution < 1.29 is 4.79 Å². The number of piperidine rings is 1. The number of nitrogens with zero attached hydrogens (tertiary/aromatic N) is 3. The van der Waals surface area contributed by atoms with Crippen LogP contribution in [0.25, 0.3) is 11.0 Å². The summed E-state index contributed by atoms with van der Waals surface area (Å²) in [7, 11) is 0. The average Bonchev–Trinajstić information content (AvgIpc) is 2.55. The number of hydrogen-bond donors (Lipinski definition) is 1. The molecule has 2 aromatic heterocycles. The van der Waals surface area contributed by atoms with E-state index in [9.17, 15) is 4.79 Å². The Balaban J connectivity index is 1.71. The van der Waals surface area contributed by atoms with Gasteiger partial charge in [-0.15, -0.1) is 0 Å². The second-order valence-corrected chi connectivity index (χ2v) is 5.97. The van der Waals surface area contributed by atoms with E-state index in [4.69, 9.17) is 11.6 Å². The van der Waals surface area contributed by atoms with E-state index in [1.807, 2.05) is 30.0 Å². The summed E-state index contributed by atoms with van der Waals surface area (Å²) in [4.78, 5) is 22.6. The number of pyridine rings is 2. The summed E-state index contributed by atoms with van der Waals surface area (Å²) in [5, 5.41) is 4.43. The van der Waals surface area contributed by atoms with Crippen molar-refractivity contribution in [3.63, 3.8) is 0 Å². The number of carbonyl (C=O) groups is 1. The maximum atomic E-state index is 11.8. The van der Waals surface area contributed by atoms with Crippen molar-refractivity contribution in [1.82, 2.24) is 20.2 Å². The molecule has 2 amide bonds. The maximum Gasteiger partial charge on any atom is 0.317 e. The molecule has 0 spiro atoms. The second-order valence-electron chi connectivity index (χ2n) is 5.53. The molecule has 1 N–H and O–H groups in total. The molecule has 2 aromatic rings. The molecular formula is C16H19ClN4O. The first-order chi connectivity index (χ1) is 10.7. The molecule has 3 heterocycles. The Morgan fingerprint density at radius 3 is 2.91 bits per heavy atom. The lowest BCUT2D eigenvalue weighted by Gasteiger charge is -2.31. The molecule has 0 bridgehead atoms. The third kappa shape index (κ3) is 3.14. The smallest absolute Gasteiger partial charge is 0.317 e. The number of likely N-dealkylation sites (tertiary alicyclic amines) is 1. The quantitative estimate of drug-likeness (QED) is 0.925. The second kappa shape index (κ2) is 6.48. The minimum atomic E-state index is 0.0312. The van der Waals surface area contributed by atoms with Gasteiger partial charge in [-0.1, -0.05) is 11.6 Å². The van der Waals surface area contributed by atoms with Crippen molar-refractivity contribution >= 4 is 28.7 Å². The van der Waals surface area contributed by atoms with Gasteiger partial charge in [0.15, 0.2) is 5.65 Å². The first-order valence-electron chi connectivity index (χ1n) is 7.62. The monoisotopic (exact) mass is 318 g/mol. The fourth-order valence-corrected chi connectivity index (χ4v) is 3.03. The first kappa shape index (κ1) is 15.0. The molecule has 0 radical (unpaired) electrons. The normalized spacial score (nSPS) is 16.0. The molecule has 3 rings (SSSR count). The number of urea groups is 1. The summed E-state index contributed by atoms with van der Waals surface area (Å²) in [6.45, 7) is 4.14. The van der Waals surface area contributed by atoms with E-state index in [1.165, 1.54) is 0 Å². The van der Waals surface area contributed by atoms with Gasteiger partial charge in [0.1, 0.15) is 0 Å². The molecule has 0 aliphatic carbocycles. The fraction of sp³-hybridized carbons (Fsp3) is 0.438. The van der Waals surface area contributed by atoms with Crippen molar-refractivity contribution in [1.29, 1.82) is 0 Å². The number of aromatic nitrogens is 2. The predicted molar refractivity (Wildman–Crippen MR) is 87.2 cm³/mol. The molecule has 0 atom stereocenters. The van der Waals surface area contributed by atoms with E-state index in [-0.39, 0.29) is 6.03 Å². The van der Waals surface area contributed by atoms with Crippen LogP contribution in [0.2, 0.25) is 5.02 Å². The lowest BCUT2D eigenvalue weighted by atomic mass is 9.93.